The normalized spacial score (nSPS) is 11.2. The number of nitrogens with one attached hydrogen (secondary N) is 1. The molecule has 0 atom stereocenters. The highest BCUT2D eigenvalue weighted by Crippen LogP contribution is 2.24. The third-order valence-electron chi connectivity index (χ3n) is 5.26. The highest BCUT2D eigenvalue weighted by molar-refractivity contribution is 7.99. The van der Waals surface area contributed by atoms with Crippen LogP contribution in [0.4, 0.5) is 10.1 Å². The molecule has 0 unspecified atom stereocenters. The van der Waals surface area contributed by atoms with Gasteiger partial charge in [0.1, 0.15) is 5.82 Å². The van der Waals surface area contributed by atoms with Gasteiger partial charge in [-0.05, 0) is 50.6 Å². The lowest BCUT2D eigenvalue weighted by molar-refractivity contribution is -0.113. The van der Waals surface area contributed by atoms with Crippen LogP contribution in [0.2, 0.25) is 0 Å². The van der Waals surface area contributed by atoms with Crippen LogP contribution in [0.15, 0.2) is 52.4 Å². The Balaban J connectivity index is 1.70. The zero-order chi connectivity index (χ0) is 23.0. The average molecular weight is 452 g/mol. The fourth-order valence-electron chi connectivity index (χ4n) is 3.42. The Morgan fingerprint density at radius 1 is 1.16 bits per heavy atom. The number of thioether (sulfide) groups is 1. The molecule has 2 aromatic heterocycles. The van der Waals surface area contributed by atoms with Crippen molar-refractivity contribution >= 4 is 34.3 Å². The van der Waals surface area contributed by atoms with Crippen LogP contribution in [0, 0.1) is 26.6 Å². The SMILES string of the molecule is Cc1ccc(-n2c(SCC(=O)Nc3c(C)nn(C)c3C)nc3ccccc3c2=O)cc1F. The number of fused-ring (bicyclic) bond motifs is 1. The van der Waals surface area contributed by atoms with Crippen LogP contribution in [0.25, 0.3) is 16.6 Å². The minimum absolute atomic E-state index is 0.0207. The van der Waals surface area contributed by atoms with Gasteiger partial charge in [0, 0.05) is 7.05 Å². The molecule has 164 valence electrons. The van der Waals surface area contributed by atoms with Gasteiger partial charge in [-0.1, -0.05) is 30.0 Å². The molecule has 32 heavy (non-hydrogen) atoms. The number of nitrogens with zero attached hydrogens (tertiary/aromatic N) is 4. The van der Waals surface area contributed by atoms with Crippen molar-refractivity contribution in [3.8, 4) is 5.69 Å². The van der Waals surface area contributed by atoms with Gasteiger partial charge in [0.25, 0.3) is 5.56 Å². The maximum atomic E-state index is 14.3. The smallest absolute Gasteiger partial charge is 0.266 e. The van der Waals surface area contributed by atoms with E-state index in [4.69, 9.17) is 0 Å². The number of aryl methyl sites for hydroxylation is 3. The largest absolute Gasteiger partial charge is 0.322 e. The second-order valence-electron chi connectivity index (χ2n) is 7.49. The highest BCUT2D eigenvalue weighted by atomic mass is 32.2. The lowest BCUT2D eigenvalue weighted by Gasteiger charge is -2.14. The summed E-state index contributed by atoms with van der Waals surface area (Å²) in [5, 5.41) is 7.91. The molecule has 7 nitrogen and oxygen atoms in total. The predicted octanol–water partition coefficient (Wildman–Crippen LogP) is 3.91. The predicted molar refractivity (Wildman–Crippen MR) is 124 cm³/mol. The van der Waals surface area contributed by atoms with Crippen molar-refractivity contribution < 1.29 is 9.18 Å². The van der Waals surface area contributed by atoms with Gasteiger partial charge in [-0.3, -0.25) is 18.8 Å². The molecule has 0 saturated carbocycles. The number of carbonyl (C=O) groups excluding carboxylic acids is 1. The minimum Gasteiger partial charge on any atom is -0.322 e. The van der Waals surface area contributed by atoms with Crippen LogP contribution in [0.5, 0.6) is 0 Å². The van der Waals surface area contributed by atoms with Crippen LogP contribution in [-0.4, -0.2) is 31.0 Å². The van der Waals surface area contributed by atoms with Gasteiger partial charge in [-0.25, -0.2) is 9.37 Å². The van der Waals surface area contributed by atoms with Gasteiger partial charge < -0.3 is 5.32 Å². The van der Waals surface area contributed by atoms with Gasteiger partial charge >= 0.3 is 0 Å². The number of hydrogen-bond acceptors (Lipinski definition) is 5. The quantitative estimate of drug-likeness (QED) is 0.367. The summed E-state index contributed by atoms with van der Waals surface area (Å²) >= 11 is 1.12. The Labute approximate surface area is 188 Å². The van der Waals surface area contributed by atoms with E-state index < -0.39 is 5.82 Å². The zero-order valence-corrected chi connectivity index (χ0v) is 19.0. The minimum atomic E-state index is -0.418. The monoisotopic (exact) mass is 451 g/mol. The molecule has 2 aromatic carbocycles. The van der Waals surface area contributed by atoms with E-state index in [2.05, 4.69) is 15.4 Å². The lowest BCUT2D eigenvalue weighted by Crippen LogP contribution is -2.23. The molecule has 1 N–H and O–H groups in total. The number of amides is 1. The van der Waals surface area contributed by atoms with Crippen molar-refractivity contribution in [2.24, 2.45) is 7.05 Å². The van der Waals surface area contributed by atoms with E-state index in [-0.39, 0.29) is 17.2 Å². The van der Waals surface area contributed by atoms with Crippen molar-refractivity contribution in [3.63, 3.8) is 0 Å². The molecule has 0 radical (unpaired) electrons. The number of aromatic nitrogens is 4. The van der Waals surface area contributed by atoms with E-state index >= 15 is 0 Å². The van der Waals surface area contributed by atoms with Crippen molar-refractivity contribution in [1.82, 2.24) is 19.3 Å². The van der Waals surface area contributed by atoms with Crippen LogP contribution in [0.3, 0.4) is 0 Å². The number of halogens is 1. The molecular weight excluding hydrogens is 429 g/mol. The summed E-state index contributed by atoms with van der Waals surface area (Å²) in [6.07, 6.45) is 0. The summed E-state index contributed by atoms with van der Waals surface area (Å²) in [5.41, 5.74) is 3.27. The van der Waals surface area contributed by atoms with E-state index in [1.807, 2.05) is 20.9 Å². The topological polar surface area (TPSA) is 81.8 Å². The molecule has 2 heterocycles. The van der Waals surface area contributed by atoms with E-state index in [0.29, 0.717) is 33.0 Å². The van der Waals surface area contributed by atoms with E-state index in [9.17, 15) is 14.0 Å². The number of benzene rings is 2. The second kappa shape index (κ2) is 8.58. The van der Waals surface area contributed by atoms with Gasteiger partial charge in [-0.15, -0.1) is 0 Å². The maximum Gasteiger partial charge on any atom is 0.266 e. The van der Waals surface area contributed by atoms with Crippen molar-refractivity contribution in [2.45, 2.75) is 25.9 Å². The molecular formula is C23H22FN5O2S. The molecule has 0 spiro atoms. The zero-order valence-electron chi connectivity index (χ0n) is 18.1. The van der Waals surface area contributed by atoms with Crippen molar-refractivity contribution in [2.75, 3.05) is 11.1 Å². The molecule has 0 bridgehead atoms. The summed E-state index contributed by atoms with van der Waals surface area (Å²) < 4.78 is 17.3. The Morgan fingerprint density at radius 2 is 1.91 bits per heavy atom. The first kappa shape index (κ1) is 21.8. The van der Waals surface area contributed by atoms with Gasteiger partial charge in [0.05, 0.1) is 39.4 Å². The number of anilines is 1. The Kier molecular flexibility index (Phi) is 5.84. The first-order valence-corrected chi connectivity index (χ1v) is 11.0. The summed E-state index contributed by atoms with van der Waals surface area (Å²) in [7, 11) is 1.81. The molecule has 9 heteroatoms. The Hall–Kier alpha value is -3.46. The molecule has 1 amide bonds. The Bertz CT molecular complexity index is 1410. The molecule has 0 aliphatic heterocycles. The number of hydrogen-bond donors (Lipinski definition) is 1. The number of rotatable bonds is 5. The lowest BCUT2D eigenvalue weighted by atomic mass is 10.2. The molecule has 4 rings (SSSR count). The van der Waals surface area contributed by atoms with Crippen LogP contribution in [-0.2, 0) is 11.8 Å². The number of carbonyl (C=O) groups is 1. The Morgan fingerprint density at radius 3 is 2.59 bits per heavy atom. The molecule has 0 saturated heterocycles. The first-order valence-electron chi connectivity index (χ1n) is 9.97. The second-order valence-corrected chi connectivity index (χ2v) is 8.43. The van der Waals surface area contributed by atoms with E-state index in [1.165, 1.54) is 10.6 Å². The number of para-hydroxylation sites is 1. The third-order valence-corrected chi connectivity index (χ3v) is 6.20. The fraction of sp³-hybridized carbons (Fsp3) is 0.217. The first-order chi connectivity index (χ1) is 15.3. The van der Waals surface area contributed by atoms with E-state index in [0.717, 1.165) is 23.1 Å². The van der Waals surface area contributed by atoms with Gasteiger partial charge in [0.15, 0.2) is 5.16 Å². The summed E-state index contributed by atoms with van der Waals surface area (Å²) in [6.45, 7) is 5.35. The van der Waals surface area contributed by atoms with Crippen LogP contribution in [0.1, 0.15) is 17.0 Å². The maximum absolute atomic E-state index is 14.3. The summed E-state index contributed by atoms with van der Waals surface area (Å²) in [6, 6.07) is 11.6. The molecule has 4 aromatic rings. The van der Waals surface area contributed by atoms with Crippen molar-refractivity contribution in [3.05, 3.63) is 75.6 Å². The van der Waals surface area contributed by atoms with Crippen LogP contribution >= 0.6 is 11.8 Å². The average Bonchev–Trinajstić information content (AvgIpc) is 3.00. The van der Waals surface area contributed by atoms with Crippen LogP contribution < -0.4 is 10.9 Å². The molecule has 0 aliphatic rings. The van der Waals surface area contributed by atoms with E-state index in [1.54, 1.807) is 48.0 Å². The fourth-order valence-corrected chi connectivity index (χ4v) is 4.23. The highest BCUT2D eigenvalue weighted by Gasteiger charge is 2.17. The van der Waals surface area contributed by atoms with Gasteiger partial charge in [0.2, 0.25) is 5.91 Å². The molecule has 0 aliphatic carbocycles. The standard InChI is InChI=1S/C23H22FN5O2S/c1-13-9-10-16(11-18(13)24)29-22(31)17-7-5-6-8-19(17)25-23(29)32-12-20(30)26-21-14(2)27-28(4)15(21)3/h5-11H,12H2,1-4H3,(H,26,30). The van der Waals surface area contributed by atoms with Crippen molar-refractivity contribution in [1.29, 1.82) is 0 Å². The summed E-state index contributed by atoms with van der Waals surface area (Å²) in [4.78, 5) is 30.5. The van der Waals surface area contributed by atoms with Gasteiger partial charge in [-0.2, -0.15) is 5.10 Å². The third kappa shape index (κ3) is 4.03. The summed E-state index contributed by atoms with van der Waals surface area (Å²) in [5.74, 6) is -0.649. The molecule has 0 fully saturated rings.